The van der Waals surface area contributed by atoms with Gasteiger partial charge in [0.15, 0.2) is 0 Å². The van der Waals surface area contributed by atoms with E-state index in [1.54, 1.807) is 42.1 Å². The first-order chi connectivity index (χ1) is 18.2. The molecule has 1 amide bonds. The molecule has 2 aromatic carbocycles. The number of hydrogen-bond acceptors (Lipinski definition) is 9. The highest BCUT2D eigenvalue weighted by Gasteiger charge is 2.14. The summed E-state index contributed by atoms with van der Waals surface area (Å²) in [4.78, 5) is 13.5. The number of carbonyl (C=O) groups is 1. The number of thioether (sulfide) groups is 2. The molecule has 0 aliphatic rings. The number of anilines is 2. The molecule has 0 fully saturated rings. The molecule has 8 nitrogen and oxygen atoms in total. The summed E-state index contributed by atoms with van der Waals surface area (Å²) >= 11 is 6.06. The number of benzene rings is 2. The van der Waals surface area contributed by atoms with Gasteiger partial charge in [0.1, 0.15) is 17.4 Å². The van der Waals surface area contributed by atoms with Crippen LogP contribution >= 0.6 is 46.2 Å². The number of carbonyl (C=O) groups excluding carboxylic acids is 1. The number of nitrogens with two attached hydrogens (primary N) is 2. The summed E-state index contributed by atoms with van der Waals surface area (Å²) in [5.74, 6) is 0.203. The van der Waals surface area contributed by atoms with E-state index in [9.17, 15) is 9.90 Å². The maximum absolute atomic E-state index is 12.1. The van der Waals surface area contributed by atoms with Gasteiger partial charge in [-0.05, 0) is 54.5 Å². The summed E-state index contributed by atoms with van der Waals surface area (Å²) in [6, 6.07) is 19.8. The second kappa shape index (κ2) is 13.9. The zero-order chi connectivity index (χ0) is 27.7. The number of rotatable bonds is 9. The fraction of sp³-hybridized carbons (Fsp3) is 0.115. The first-order valence-electron chi connectivity index (χ1n) is 11.1. The minimum Gasteiger partial charge on any atom is -0.508 e. The molecule has 12 heteroatoms. The Morgan fingerprint density at radius 3 is 2.00 bits per heavy atom. The van der Waals surface area contributed by atoms with E-state index in [1.807, 2.05) is 48.9 Å². The van der Waals surface area contributed by atoms with Crippen LogP contribution < -0.4 is 22.1 Å². The van der Waals surface area contributed by atoms with Crippen molar-refractivity contribution in [3.05, 3.63) is 87.6 Å². The smallest absolute Gasteiger partial charge is 0.255 e. The lowest BCUT2D eigenvalue weighted by Gasteiger charge is -2.06. The first kappa shape index (κ1) is 29.1. The number of aromatic hydroxyl groups is 1. The average Bonchev–Trinajstić information content (AvgIpc) is 3.52. The van der Waals surface area contributed by atoms with Gasteiger partial charge >= 0.3 is 0 Å². The molecule has 0 unspecified atom stereocenters. The second-order valence-electron chi connectivity index (χ2n) is 7.70. The lowest BCUT2D eigenvalue weighted by atomic mass is 10.2. The van der Waals surface area contributed by atoms with Crippen molar-refractivity contribution < 1.29 is 9.90 Å². The number of phenols is 1. The van der Waals surface area contributed by atoms with Crippen LogP contribution in [0.15, 0.2) is 75.1 Å². The maximum Gasteiger partial charge on any atom is 0.255 e. The van der Waals surface area contributed by atoms with Crippen LogP contribution in [0.2, 0.25) is 0 Å². The van der Waals surface area contributed by atoms with Gasteiger partial charge in [-0.1, -0.05) is 30.3 Å². The van der Waals surface area contributed by atoms with Gasteiger partial charge in [-0.3, -0.25) is 15.6 Å². The largest absolute Gasteiger partial charge is 0.508 e. The highest BCUT2D eigenvalue weighted by Crippen LogP contribution is 2.36. The molecule has 38 heavy (non-hydrogen) atoms. The van der Waals surface area contributed by atoms with E-state index in [1.165, 1.54) is 34.4 Å². The number of amidine groups is 2. The lowest BCUT2D eigenvalue weighted by molar-refractivity contribution is 0.102. The van der Waals surface area contributed by atoms with Crippen LogP contribution in [0.25, 0.3) is 0 Å². The van der Waals surface area contributed by atoms with Gasteiger partial charge in [-0.2, -0.15) is 0 Å². The van der Waals surface area contributed by atoms with Gasteiger partial charge in [0.2, 0.25) is 0 Å². The molecule has 0 saturated heterocycles. The third kappa shape index (κ3) is 8.02. The summed E-state index contributed by atoms with van der Waals surface area (Å²) in [5.41, 5.74) is 14.3. The van der Waals surface area contributed by atoms with E-state index in [4.69, 9.17) is 22.3 Å². The van der Waals surface area contributed by atoms with Crippen molar-refractivity contribution in [1.82, 2.24) is 0 Å². The van der Waals surface area contributed by atoms with E-state index in [2.05, 4.69) is 10.6 Å². The Labute approximate surface area is 237 Å². The van der Waals surface area contributed by atoms with Crippen LogP contribution in [0.1, 0.15) is 25.7 Å². The van der Waals surface area contributed by atoms with Crippen LogP contribution in [0.5, 0.6) is 5.75 Å². The predicted octanol–water partition coefficient (Wildman–Crippen LogP) is 6.08. The standard InChI is InChI=1S/C13H15N3OS2.C13H13N3OS2/c1-18-13-10(6-11(19-13)12(14)15)16-7-8-3-2-4-9(17)5-8;1-18-13-9(7-10(19-13)11(14)15)16-12(17)8-5-3-2-4-6-8/h2-6,16-17H,7H2,1H3,(H3,14,15);2-7H,1H3,(H3,14,15)(H,16,17). The summed E-state index contributed by atoms with van der Waals surface area (Å²) in [6.45, 7) is 0.621. The Morgan fingerprint density at radius 1 is 0.868 bits per heavy atom. The Morgan fingerprint density at radius 2 is 1.45 bits per heavy atom. The molecule has 9 N–H and O–H groups in total. The zero-order valence-corrected chi connectivity index (χ0v) is 24.0. The molecular weight excluding hydrogens is 557 g/mol. The SMILES string of the molecule is CSc1sc(C(=N)N)cc1NC(=O)c1ccccc1.CSc1sc(C(=N)N)cc1NCc1cccc(O)c1. The molecule has 4 aromatic rings. The monoisotopic (exact) mass is 584 g/mol. The molecule has 0 bridgehead atoms. The predicted molar refractivity (Wildman–Crippen MR) is 164 cm³/mol. The molecule has 198 valence electrons. The van der Waals surface area contributed by atoms with Crippen molar-refractivity contribution in [2.24, 2.45) is 11.5 Å². The topological polar surface area (TPSA) is 161 Å². The molecule has 0 radical (unpaired) electrons. The Kier molecular flexibility index (Phi) is 10.7. The average molecular weight is 585 g/mol. The summed E-state index contributed by atoms with van der Waals surface area (Å²) in [6.07, 6.45) is 3.92. The van der Waals surface area contributed by atoms with E-state index >= 15 is 0 Å². The molecule has 2 aromatic heterocycles. The van der Waals surface area contributed by atoms with Crippen LogP contribution in [0.3, 0.4) is 0 Å². The lowest BCUT2D eigenvalue weighted by Crippen LogP contribution is -2.12. The highest BCUT2D eigenvalue weighted by molar-refractivity contribution is 8.00. The maximum atomic E-state index is 12.1. The van der Waals surface area contributed by atoms with Gasteiger partial charge in [-0.25, -0.2) is 0 Å². The number of thiophene rings is 2. The van der Waals surface area contributed by atoms with Crippen molar-refractivity contribution >= 4 is 75.2 Å². The third-order valence-corrected chi connectivity index (χ3v) is 9.58. The molecule has 0 spiro atoms. The Balaban J connectivity index is 0.000000211. The minimum atomic E-state index is -0.163. The van der Waals surface area contributed by atoms with Crippen molar-refractivity contribution in [1.29, 1.82) is 10.8 Å². The van der Waals surface area contributed by atoms with Crippen molar-refractivity contribution in [2.75, 3.05) is 23.1 Å². The summed E-state index contributed by atoms with van der Waals surface area (Å²) in [5, 5.41) is 30.5. The molecule has 2 heterocycles. The van der Waals surface area contributed by atoms with E-state index in [0.29, 0.717) is 22.7 Å². The Bertz CT molecular complexity index is 1420. The van der Waals surface area contributed by atoms with E-state index < -0.39 is 0 Å². The quantitative estimate of drug-likeness (QED) is 0.0713. The normalized spacial score (nSPS) is 10.3. The molecule has 0 atom stereocenters. The highest BCUT2D eigenvalue weighted by atomic mass is 32.2. The van der Waals surface area contributed by atoms with Gasteiger partial charge < -0.3 is 27.2 Å². The molecule has 4 rings (SSSR count). The van der Waals surface area contributed by atoms with Gasteiger partial charge in [-0.15, -0.1) is 46.2 Å². The van der Waals surface area contributed by atoms with Crippen LogP contribution in [-0.2, 0) is 6.54 Å². The molecular formula is C26H28N6O2S4. The van der Waals surface area contributed by atoms with Gasteiger partial charge in [0.05, 0.1) is 29.5 Å². The van der Waals surface area contributed by atoms with Crippen molar-refractivity contribution in [3.63, 3.8) is 0 Å². The number of hydrogen-bond donors (Lipinski definition) is 7. The zero-order valence-electron chi connectivity index (χ0n) is 20.7. The summed E-state index contributed by atoms with van der Waals surface area (Å²) < 4.78 is 2.04. The number of amides is 1. The minimum absolute atomic E-state index is 0.0144. The summed E-state index contributed by atoms with van der Waals surface area (Å²) in [7, 11) is 0. The van der Waals surface area contributed by atoms with Crippen molar-refractivity contribution in [2.45, 2.75) is 15.0 Å². The number of nitrogen functional groups attached to an aromatic ring is 2. The third-order valence-electron chi connectivity index (χ3n) is 4.98. The van der Waals surface area contributed by atoms with Crippen LogP contribution in [-0.4, -0.2) is 35.2 Å². The number of phenolic OH excluding ortho intramolecular Hbond substituents is 1. The van der Waals surface area contributed by atoms with Crippen LogP contribution in [0, 0.1) is 10.8 Å². The first-order valence-corrected chi connectivity index (χ1v) is 15.2. The molecule has 0 aliphatic carbocycles. The fourth-order valence-electron chi connectivity index (χ4n) is 3.18. The van der Waals surface area contributed by atoms with Gasteiger partial charge in [0, 0.05) is 12.1 Å². The fourth-order valence-corrected chi connectivity index (χ4v) is 6.50. The second-order valence-corrected chi connectivity index (χ2v) is 12.0. The molecule has 0 saturated carbocycles. The van der Waals surface area contributed by atoms with E-state index in [-0.39, 0.29) is 23.3 Å². The van der Waals surface area contributed by atoms with Crippen LogP contribution in [0.4, 0.5) is 11.4 Å². The Hall–Kier alpha value is -3.45. The van der Waals surface area contributed by atoms with Gasteiger partial charge in [0.25, 0.3) is 5.91 Å². The van der Waals surface area contributed by atoms with Crippen molar-refractivity contribution in [3.8, 4) is 5.75 Å². The molecule has 0 aliphatic heterocycles. The van der Waals surface area contributed by atoms with E-state index in [0.717, 1.165) is 24.5 Å². The number of nitrogens with one attached hydrogen (secondary N) is 4.